The van der Waals surface area contributed by atoms with Crippen LogP contribution in [0, 0.1) is 4.77 Å². The van der Waals surface area contributed by atoms with Gasteiger partial charge in [0.05, 0.1) is 13.3 Å². The van der Waals surface area contributed by atoms with Gasteiger partial charge in [-0.1, -0.05) is 83.7 Å². The first-order chi connectivity index (χ1) is 16.1. The molecule has 33 heavy (non-hydrogen) atoms. The summed E-state index contributed by atoms with van der Waals surface area (Å²) < 4.78 is 4.81. The molecule has 0 unspecified atom stereocenters. The van der Waals surface area contributed by atoms with Crippen LogP contribution in [-0.4, -0.2) is 50.2 Å². The van der Waals surface area contributed by atoms with Crippen molar-refractivity contribution >= 4 is 12.2 Å². The molecule has 0 spiro atoms. The Kier molecular flexibility index (Phi) is 12.8. The summed E-state index contributed by atoms with van der Waals surface area (Å²) in [6.07, 6.45) is 9.35. The van der Waals surface area contributed by atoms with E-state index in [1.165, 1.54) is 38.5 Å². The highest BCUT2D eigenvalue weighted by atomic mass is 32.1. The lowest BCUT2D eigenvalue weighted by Crippen LogP contribution is -2.30. The Bertz CT molecular complexity index is 830. The average Bonchev–Trinajstić information content (AvgIpc) is 3.06. The molecule has 0 saturated carbocycles. The lowest BCUT2D eigenvalue weighted by atomic mass is 10.1. The van der Waals surface area contributed by atoms with Gasteiger partial charge in [-0.2, -0.15) is 0 Å². The van der Waals surface area contributed by atoms with Gasteiger partial charge in [0, 0.05) is 5.56 Å². The minimum absolute atomic E-state index is 0.287. The molecular formula is C27H46N4OS. The number of rotatable bonds is 17. The van der Waals surface area contributed by atoms with E-state index in [-0.39, 0.29) is 5.88 Å². The predicted molar refractivity (Wildman–Crippen MR) is 143 cm³/mol. The summed E-state index contributed by atoms with van der Waals surface area (Å²) in [5, 5.41) is 11.4. The minimum Gasteiger partial charge on any atom is -0.493 e. The molecule has 0 aliphatic heterocycles. The summed E-state index contributed by atoms with van der Waals surface area (Å²) in [5.74, 6) is 0.287. The van der Waals surface area contributed by atoms with E-state index in [2.05, 4.69) is 54.2 Å². The number of benzene rings is 1. The van der Waals surface area contributed by atoms with Gasteiger partial charge < -0.3 is 5.11 Å². The molecule has 1 aromatic carbocycles. The summed E-state index contributed by atoms with van der Waals surface area (Å²) in [6, 6.07) is 10.2. The fraction of sp³-hybridized carbons (Fsp3) is 0.667. The third kappa shape index (κ3) is 8.27. The Morgan fingerprint density at radius 3 is 1.55 bits per heavy atom. The Balaban J connectivity index is 2.45. The smallest absolute Gasteiger partial charge is 0.219 e. The van der Waals surface area contributed by atoms with Gasteiger partial charge in [0.2, 0.25) is 5.88 Å². The molecule has 1 aromatic heterocycles. The van der Waals surface area contributed by atoms with Gasteiger partial charge in [-0.05, 0) is 64.1 Å². The summed E-state index contributed by atoms with van der Waals surface area (Å²) >= 11 is 6.00. The van der Waals surface area contributed by atoms with Gasteiger partial charge in [0.1, 0.15) is 5.69 Å². The normalized spacial score (nSPS) is 11.7. The van der Waals surface area contributed by atoms with E-state index in [4.69, 9.17) is 12.2 Å². The summed E-state index contributed by atoms with van der Waals surface area (Å²) in [6.45, 7) is 14.5. The van der Waals surface area contributed by atoms with Gasteiger partial charge in [-0.25, -0.2) is 0 Å². The molecule has 2 rings (SSSR count). The van der Waals surface area contributed by atoms with Crippen molar-refractivity contribution in [1.82, 2.24) is 18.9 Å². The first-order valence-corrected chi connectivity index (χ1v) is 13.5. The lowest BCUT2D eigenvalue weighted by molar-refractivity contribution is 0.194. The maximum absolute atomic E-state index is 11.4. The highest BCUT2D eigenvalue weighted by Crippen LogP contribution is 2.32. The van der Waals surface area contributed by atoms with E-state index in [9.17, 15) is 5.11 Å². The second kappa shape index (κ2) is 15.3. The van der Waals surface area contributed by atoms with Crippen molar-refractivity contribution in [3.63, 3.8) is 0 Å². The van der Waals surface area contributed by atoms with Crippen molar-refractivity contribution < 1.29 is 5.11 Å². The van der Waals surface area contributed by atoms with Crippen molar-refractivity contribution in [1.29, 1.82) is 0 Å². The van der Waals surface area contributed by atoms with E-state index < -0.39 is 0 Å². The number of aromatic nitrogens is 2. The molecule has 0 saturated heterocycles. The molecular weight excluding hydrogens is 428 g/mol. The molecule has 0 aliphatic rings. The molecule has 0 bridgehead atoms. The molecule has 0 atom stereocenters. The maximum Gasteiger partial charge on any atom is 0.219 e. The van der Waals surface area contributed by atoms with Gasteiger partial charge in [-0.3, -0.25) is 18.9 Å². The van der Waals surface area contributed by atoms with Crippen LogP contribution in [0.3, 0.4) is 0 Å². The van der Waals surface area contributed by atoms with Gasteiger partial charge >= 0.3 is 0 Å². The van der Waals surface area contributed by atoms with E-state index >= 15 is 0 Å². The molecule has 6 heteroatoms. The Labute approximate surface area is 207 Å². The van der Waals surface area contributed by atoms with Crippen molar-refractivity contribution in [2.75, 3.05) is 26.2 Å². The van der Waals surface area contributed by atoms with Crippen LogP contribution in [0.4, 0.5) is 0 Å². The van der Waals surface area contributed by atoms with Crippen LogP contribution in [0.25, 0.3) is 11.3 Å². The number of imidazole rings is 1. The molecule has 1 N–H and O–H groups in total. The standard InChI is InChI=1S/C27H46N4OS/c1-5-9-18-28(19-10-6-2)22-30-25(24-16-14-13-15-17-24)26(32)31(27(30)33)23-29(20-11-7-3)21-12-8-4/h13-17,32H,5-12,18-23H2,1-4H3. The Morgan fingerprint density at radius 1 is 0.697 bits per heavy atom. The summed E-state index contributed by atoms with van der Waals surface area (Å²) in [7, 11) is 0. The molecule has 0 amide bonds. The molecule has 2 aromatic rings. The number of nitrogens with zero attached hydrogens (tertiary/aromatic N) is 4. The van der Waals surface area contributed by atoms with Crippen LogP contribution >= 0.6 is 12.2 Å². The minimum atomic E-state index is 0.287. The van der Waals surface area contributed by atoms with E-state index in [1.54, 1.807) is 0 Å². The summed E-state index contributed by atoms with van der Waals surface area (Å²) in [5.41, 5.74) is 1.85. The zero-order valence-corrected chi connectivity index (χ0v) is 22.2. The maximum atomic E-state index is 11.4. The largest absolute Gasteiger partial charge is 0.493 e. The first kappa shape index (κ1) is 27.6. The molecule has 0 fully saturated rings. The molecule has 186 valence electrons. The molecule has 5 nitrogen and oxygen atoms in total. The van der Waals surface area contributed by atoms with Crippen LogP contribution in [0.1, 0.15) is 79.1 Å². The fourth-order valence-corrected chi connectivity index (χ4v) is 4.45. The van der Waals surface area contributed by atoms with Gasteiger partial charge in [-0.15, -0.1) is 0 Å². The van der Waals surface area contributed by atoms with E-state index in [1.807, 2.05) is 22.8 Å². The zero-order valence-electron chi connectivity index (χ0n) is 21.4. The second-order valence-corrected chi connectivity index (χ2v) is 9.48. The van der Waals surface area contributed by atoms with Crippen LogP contribution in [0.15, 0.2) is 30.3 Å². The van der Waals surface area contributed by atoms with Crippen molar-refractivity contribution in [2.24, 2.45) is 0 Å². The van der Waals surface area contributed by atoms with Crippen LogP contribution in [-0.2, 0) is 13.3 Å². The monoisotopic (exact) mass is 474 g/mol. The predicted octanol–water partition coefficient (Wildman–Crippen LogP) is 7.11. The molecule has 1 heterocycles. The van der Waals surface area contributed by atoms with Crippen molar-refractivity contribution in [2.45, 2.75) is 92.4 Å². The third-order valence-electron chi connectivity index (χ3n) is 6.24. The second-order valence-electron chi connectivity index (χ2n) is 9.11. The highest BCUT2D eigenvalue weighted by molar-refractivity contribution is 7.71. The Hall–Kier alpha value is -1.63. The number of hydrogen-bond acceptors (Lipinski definition) is 4. The highest BCUT2D eigenvalue weighted by Gasteiger charge is 2.21. The van der Waals surface area contributed by atoms with E-state index in [0.29, 0.717) is 18.1 Å². The number of hydrogen-bond donors (Lipinski definition) is 1. The van der Waals surface area contributed by atoms with Crippen LogP contribution < -0.4 is 0 Å². The quantitative estimate of drug-likeness (QED) is 0.248. The third-order valence-corrected chi connectivity index (χ3v) is 6.68. The first-order valence-electron chi connectivity index (χ1n) is 13.1. The summed E-state index contributed by atoms with van der Waals surface area (Å²) in [4.78, 5) is 4.93. The fourth-order valence-electron chi connectivity index (χ4n) is 4.15. The van der Waals surface area contributed by atoms with Crippen molar-refractivity contribution in [3.8, 4) is 17.1 Å². The van der Waals surface area contributed by atoms with E-state index in [0.717, 1.165) is 50.3 Å². The Morgan fingerprint density at radius 2 is 1.12 bits per heavy atom. The topological polar surface area (TPSA) is 36.6 Å². The molecule has 0 aliphatic carbocycles. The number of unbranched alkanes of at least 4 members (excludes halogenated alkanes) is 4. The van der Waals surface area contributed by atoms with Crippen LogP contribution in [0.2, 0.25) is 0 Å². The van der Waals surface area contributed by atoms with Crippen molar-refractivity contribution in [3.05, 3.63) is 35.1 Å². The SMILES string of the molecule is CCCCN(CCCC)Cn1c(O)c(-c2ccccc2)n(CN(CCCC)CCCC)c1=S. The zero-order chi connectivity index (χ0) is 24.1. The average molecular weight is 475 g/mol. The molecule has 0 radical (unpaired) electrons. The van der Waals surface area contributed by atoms with Crippen LogP contribution in [0.5, 0.6) is 5.88 Å². The van der Waals surface area contributed by atoms with Gasteiger partial charge in [0.15, 0.2) is 4.77 Å². The number of aromatic hydroxyl groups is 1. The lowest BCUT2D eigenvalue weighted by Gasteiger charge is -2.24. The van der Waals surface area contributed by atoms with Gasteiger partial charge in [0.25, 0.3) is 0 Å².